The molecule has 4 heteroatoms. The number of nitrogens with zero attached hydrogens (tertiary/aromatic N) is 2. The molecule has 1 aromatic rings. The molecular formula is C12H23N3S. The summed E-state index contributed by atoms with van der Waals surface area (Å²) < 4.78 is 0. The predicted molar refractivity (Wildman–Crippen MR) is 72.1 cm³/mol. The average molecular weight is 241 g/mol. The van der Waals surface area contributed by atoms with Crippen molar-refractivity contribution in [3.05, 3.63) is 11.1 Å². The fraction of sp³-hybridized carbons (Fsp3) is 0.750. The Morgan fingerprint density at radius 2 is 2.12 bits per heavy atom. The summed E-state index contributed by atoms with van der Waals surface area (Å²) in [6.07, 6.45) is 1.97. The van der Waals surface area contributed by atoms with E-state index in [0.29, 0.717) is 5.41 Å². The first-order valence-corrected chi connectivity index (χ1v) is 6.59. The van der Waals surface area contributed by atoms with Crippen LogP contribution in [0.2, 0.25) is 0 Å². The van der Waals surface area contributed by atoms with Gasteiger partial charge in [0, 0.05) is 30.7 Å². The highest BCUT2D eigenvalue weighted by molar-refractivity contribution is 7.15. The summed E-state index contributed by atoms with van der Waals surface area (Å²) in [5.41, 5.74) is 0.351. The predicted octanol–water partition coefficient (Wildman–Crippen LogP) is 3.05. The minimum absolute atomic E-state index is 0.351. The summed E-state index contributed by atoms with van der Waals surface area (Å²) in [6, 6.07) is 0. The van der Waals surface area contributed by atoms with Crippen LogP contribution in [0, 0.1) is 5.41 Å². The quantitative estimate of drug-likeness (QED) is 0.859. The van der Waals surface area contributed by atoms with E-state index in [0.717, 1.165) is 24.8 Å². The van der Waals surface area contributed by atoms with Crippen LogP contribution < -0.4 is 5.32 Å². The van der Waals surface area contributed by atoms with Crippen LogP contribution in [-0.2, 0) is 6.54 Å². The Kier molecular flexibility index (Phi) is 4.74. The van der Waals surface area contributed by atoms with E-state index in [1.807, 2.05) is 6.20 Å². The molecule has 0 aliphatic rings. The van der Waals surface area contributed by atoms with E-state index in [1.54, 1.807) is 11.3 Å². The van der Waals surface area contributed by atoms with E-state index in [1.165, 1.54) is 4.88 Å². The summed E-state index contributed by atoms with van der Waals surface area (Å²) in [5, 5.41) is 4.27. The van der Waals surface area contributed by atoms with Crippen LogP contribution in [0.3, 0.4) is 0 Å². The first-order chi connectivity index (χ1) is 7.40. The standard InChI is InChI=1S/C12H23N3S/c1-6-13-11-14-7-10(16-11)8-15(5)9-12(2,3)4/h7H,6,8-9H2,1-5H3,(H,13,14). The molecule has 16 heavy (non-hydrogen) atoms. The first-order valence-electron chi connectivity index (χ1n) is 5.78. The Morgan fingerprint density at radius 1 is 1.44 bits per heavy atom. The zero-order valence-electron chi connectivity index (χ0n) is 11.0. The third-order valence-electron chi connectivity index (χ3n) is 2.05. The lowest BCUT2D eigenvalue weighted by Crippen LogP contribution is -2.28. The fourth-order valence-electron chi connectivity index (χ4n) is 1.75. The summed E-state index contributed by atoms with van der Waals surface area (Å²) in [4.78, 5) is 8.01. The maximum absolute atomic E-state index is 4.34. The molecular weight excluding hydrogens is 218 g/mol. The zero-order chi connectivity index (χ0) is 12.2. The topological polar surface area (TPSA) is 28.2 Å². The van der Waals surface area contributed by atoms with Crippen molar-refractivity contribution in [3.8, 4) is 0 Å². The minimum atomic E-state index is 0.351. The van der Waals surface area contributed by atoms with Gasteiger partial charge in [0.05, 0.1) is 0 Å². The molecule has 0 bridgehead atoms. The van der Waals surface area contributed by atoms with Crippen LogP contribution in [0.4, 0.5) is 5.13 Å². The molecule has 0 aliphatic heterocycles. The SMILES string of the molecule is CCNc1ncc(CN(C)CC(C)(C)C)s1. The van der Waals surface area contributed by atoms with Crippen molar-refractivity contribution in [1.29, 1.82) is 0 Å². The van der Waals surface area contributed by atoms with Crippen LogP contribution in [0.25, 0.3) is 0 Å². The van der Waals surface area contributed by atoms with Gasteiger partial charge < -0.3 is 10.2 Å². The normalized spacial score (nSPS) is 12.1. The highest BCUT2D eigenvalue weighted by atomic mass is 32.1. The molecule has 0 atom stereocenters. The monoisotopic (exact) mass is 241 g/mol. The molecule has 0 saturated heterocycles. The largest absolute Gasteiger partial charge is 0.362 e. The second-order valence-electron chi connectivity index (χ2n) is 5.40. The van der Waals surface area contributed by atoms with E-state index in [-0.39, 0.29) is 0 Å². The Morgan fingerprint density at radius 3 is 2.69 bits per heavy atom. The van der Waals surface area contributed by atoms with Gasteiger partial charge in [-0.1, -0.05) is 20.8 Å². The Balaban J connectivity index is 2.46. The number of rotatable bonds is 5. The third kappa shape index (κ3) is 4.94. The van der Waals surface area contributed by atoms with E-state index in [9.17, 15) is 0 Å². The molecule has 1 N–H and O–H groups in total. The molecule has 0 radical (unpaired) electrons. The fourth-order valence-corrected chi connectivity index (χ4v) is 2.71. The second-order valence-corrected chi connectivity index (χ2v) is 6.51. The molecule has 0 amide bonds. The highest BCUT2D eigenvalue weighted by Crippen LogP contribution is 2.21. The van der Waals surface area contributed by atoms with Crippen LogP contribution in [0.1, 0.15) is 32.6 Å². The van der Waals surface area contributed by atoms with Crippen LogP contribution in [-0.4, -0.2) is 30.0 Å². The number of hydrogen-bond acceptors (Lipinski definition) is 4. The number of hydrogen-bond donors (Lipinski definition) is 1. The van der Waals surface area contributed by atoms with Gasteiger partial charge in [0.1, 0.15) is 0 Å². The Hall–Kier alpha value is -0.610. The van der Waals surface area contributed by atoms with Gasteiger partial charge in [0.2, 0.25) is 0 Å². The molecule has 1 rings (SSSR count). The third-order valence-corrected chi connectivity index (χ3v) is 2.99. The lowest BCUT2D eigenvalue weighted by molar-refractivity contribution is 0.222. The van der Waals surface area contributed by atoms with Crippen molar-refractivity contribution in [2.45, 2.75) is 34.2 Å². The van der Waals surface area contributed by atoms with Gasteiger partial charge in [-0.2, -0.15) is 0 Å². The van der Waals surface area contributed by atoms with Gasteiger partial charge in [-0.05, 0) is 19.4 Å². The van der Waals surface area contributed by atoms with Gasteiger partial charge in [0.25, 0.3) is 0 Å². The van der Waals surface area contributed by atoms with Crippen molar-refractivity contribution in [2.24, 2.45) is 5.41 Å². The lowest BCUT2D eigenvalue weighted by atomic mass is 9.96. The summed E-state index contributed by atoms with van der Waals surface area (Å²) in [5.74, 6) is 0. The number of thiazole rings is 1. The molecule has 0 spiro atoms. The molecule has 1 heterocycles. The van der Waals surface area contributed by atoms with Crippen molar-refractivity contribution in [1.82, 2.24) is 9.88 Å². The Labute approximate surface area is 103 Å². The van der Waals surface area contributed by atoms with E-state index in [2.05, 4.69) is 49.9 Å². The van der Waals surface area contributed by atoms with Gasteiger partial charge in [0.15, 0.2) is 5.13 Å². The number of anilines is 1. The van der Waals surface area contributed by atoms with E-state index < -0.39 is 0 Å². The molecule has 0 saturated carbocycles. The van der Waals surface area contributed by atoms with Crippen LogP contribution in [0.15, 0.2) is 6.20 Å². The number of nitrogens with one attached hydrogen (secondary N) is 1. The maximum Gasteiger partial charge on any atom is 0.182 e. The second kappa shape index (κ2) is 5.64. The van der Waals surface area contributed by atoms with Crippen molar-refractivity contribution < 1.29 is 0 Å². The van der Waals surface area contributed by atoms with Crippen molar-refractivity contribution >= 4 is 16.5 Å². The lowest BCUT2D eigenvalue weighted by Gasteiger charge is -2.25. The zero-order valence-corrected chi connectivity index (χ0v) is 11.8. The minimum Gasteiger partial charge on any atom is -0.362 e. The molecule has 92 valence electrons. The molecule has 3 nitrogen and oxygen atoms in total. The molecule has 1 aromatic heterocycles. The van der Waals surface area contributed by atoms with Gasteiger partial charge in [-0.3, -0.25) is 0 Å². The first kappa shape index (κ1) is 13.5. The average Bonchev–Trinajstić information content (AvgIpc) is 2.49. The van der Waals surface area contributed by atoms with Gasteiger partial charge >= 0.3 is 0 Å². The summed E-state index contributed by atoms with van der Waals surface area (Å²) in [7, 11) is 2.16. The van der Waals surface area contributed by atoms with E-state index >= 15 is 0 Å². The van der Waals surface area contributed by atoms with Crippen LogP contribution >= 0.6 is 11.3 Å². The van der Waals surface area contributed by atoms with E-state index in [4.69, 9.17) is 0 Å². The van der Waals surface area contributed by atoms with Crippen LogP contribution in [0.5, 0.6) is 0 Å². The van der Waals surface area contributed by atoms with Gasteiger partial charge in [-0.25, -0.2) is 4.98 Å². The maximum atomic E-state index is 4.34. The molecule has 0 fully saturated rings. The number of aromatic nitrogens is 1. The smallest absolute Gasteiger partial charge is 0.182 e. The van der Waals surface area contributed by atoms with Crippen molar-refractivity contribution in [3.63, 3.8) is 0 Å². The van der Waals surface area contributed by atoms with Crippen molar-refractivity contribution in [2.75, 3.05) is 25.5 Å². The molecule has 0 aliphatic carbocycles. The van der Waals surface area contributed by atoms with Gasteiger partial charge in [-0.15, -0.1) is 11.3 Å². The summed E-state index contributed by atoms with van der Waals surface area (Å²) in [6.45, 7) is 11.9. The molecule has 0 unspecified atom stereocenters. The summed E-state index contributed by atoms with van der Waals surface area (Å²) >= 11 is 1.75. The Bertz CT molecular complexity index is 314. The molecule has 0 aromatic carbocycles. The highest BCUT2D eigenvalue weighted by Gasteiger charge is 2.14.